The third-order valence-electron chi connectivity index (χ3n) is 4.36. The smallest absolute Gasteiger partial charge is 0.311 e. The molecule has 0 unspecified atom stereocenters. The fraction of sp³-hybridized carbons (Fsp3) is 0.273. The van der Waals surface area contributed by atoms with Crippen molar-refractivity contribution in [1.82, 2.24) is 0 Å². The summed E-state index contributed by atoms with van der Waals surface area (Å²) in [6.07, 6.45) is 0.537. The predicted octanol–water partition coefficient (Wildman–Crippen LogP) is 2.90. The first-order valence-corrected chi connectivity index (χ1v) is 11.3. The largest absolute Gasteiger partial charge is 0.496 e. The second kappa shape index (κ2) is 11.8. The molecular formula is C22H25NO10S. The Hall–Kier alpha value is -3.93. The second-order valence-electron chi connectivity index (χ2n) is 6.63. The van der Waals surface area contributed by atoms with Crippen LogP contribution >= 0.6 is 0 Å². The number of anilines is 1. The lowest BCUT2D eigenvalue weighted by molar-refractivity contribution is -0.142. The van der Waals surface area contributed by atoms with E-state index in [4.69, 9.17) is 28.8 Å². The summed E-state index contributed by atoms with van der Waals surface area (Å²) >= 11 is 0. The van der Waals surface area contributed by atoms with Gasteiger partial charge in [-0.15, -0.1) is 0 Å². The van der Waals surface area contributed by atoms with Crippen molar-refractivity contribution in [3.05, 3.63) is 41.3 Å². The highest BCUT2D eigenvalue weighted by molar-refractivity contribution is 7.95. The van der Waals surface area contributed by atoms with Crippen LogP contribution < -0.4 is 28.4 Å². The van der Waals surface area contributed by atoms with E-state index in [2.05, 4.69) is 4.72 Å². The number of aliphatic carboxylic acids is 1. The number of esters is 1. The lowest BCUT2D eigenvalue weighted by Gasteiger charge is -2.13. The summed E-state index contributed by atoms with van der Waals surface area (Å²) in [5.41, 5.74) is 0.458. The molecule has 0 saturated carbocycles. The first-order valence-electron chi connectivity index (χ1n) is 9.73. The van der Waals surface area contributed by atoms with E-state index in [0.29, 0.717) is 22.8 Å². The molecule has 0 bridgehead atoms. The normalized spacial score (nSPS) is 11.1. The van der Waals surface area contributed by atoms with E-state index >= 15 is 0 Å². The number of ether oxygens (including phenoxy) is 5. The van der Waals surface area contributed by atoms with Gasteiger partial charge in [0.1, 0.15) is 17.2 Å². The average molecular weight is 496 g/mol. The van der Waals surface area contributed by atoms with Crippen LogP contribution in [0.4, 0.5) is 5.69 Å². The second-order valence-corrected chi connectivity index (χ2v) is 8.20. The van der Waals surface area contributed by atoms with Gasteiger partial charge in [-0.05, 0) is 18.2 Å². The number of hydrogen-bond acceptors (Lipinski definition) is 9. The molecule has 12 heteroatoms. The summed E-state index contributed by atoms with van der Waals surface area (Å²) < 4.78 is 53.7. The summed E-state index contributed by atoms with van der Waals surface area (Å²) in [6.45, 7) is 0. The number of rotatable bonds is 12. The van der Waals surface area contributed by atoms with Crippen molar-refractivity contribution in [3.63, 3.8) is 0 Å². The minimum atomic E-state index is -4.02. The maximum atomic E-state index is 12.7. The Labute approximate surface area is 196 Å². The molecule has 2 aromatic carbocycles. The number of hydrogen-bond donors (Lipinski definition) is 2. The van der Waals surface area contributed by atoms with E-state index < -0.39 is 28.4 Å². The van der Waals surface area contributed by atoms with Crippen LogP contribution in [0.5, 0.6) is 28.7 Å². The first kappa shape index (κ1) is 26.3. The zero-order valence-electron chi connectivity index (χ0n) is 19.0. The molecule has 11 nitrogen and oxygen atoms in total. The van der Waals surface area contributed by atoms with Gasteiger partial charge in [-0.25, -0.2) is 8.42 Å². The van der Waals surface area contributed by atoms with Gasteiger partial charge in [0.2, 0.25) is 0 Å². The number of sulfonamides is 1. The standard InChI is InChI=1S/C22H25NO10S/c1-29-15-12-18(31-3)16(19(13-15)32-4)9-10-34(27,28)23-14-5-6-17(30-2)20(11-14)33-22(26)8-7-21(24)25/h5-6,9-13,23H,7-8H2,1-4H3,(H,24,25). The zero-order chi connectivity index (χ0) is 25.3. The van der Waals surface area contributed by atoms with Crippen LogP contribution in [-0.2, 0) is 19.6 Å². The summed E-state index contributed by atoms with van der Waals surface area (Å²) in [7, 11) is 1.65. The van der Waals surface area contributed by atoms with Crippen molar-refractivity contribution in [2.75, 3.05) is 33.2 Å². The van der Waals surface area contributed by atoms with Crippen molar-refractivity contribution >= 4 is 33.7 Å². The van der Waals surface area contributed by atoms with Crippen LogP contribution in [0, 0.1) is 0 Å². The minimum absolute atomic E-state index is 0.0689. The maximum Gasteiger partial charge on any atom is 0.311 e. The summed E-state index contributed by atoms with van der Waals surface area (Å²) in [6, 6.07) is 7.22. The highest BCUT2D eigenvalue weighted by Gasteiger charge is 2.16. The SMILES string of the molecule is COc1cc(OC)c(C=CS(=O)(=O)Nc2ccc(OC)c(OC(=O)CCC(=O)O)c2)c(OC)c1. The van der Waals surface area contributed by atoms with Gasteiger partial charge >= 0.3 is 11.9 Å². The first-order chi connectivity index (χ1) is 16.1. The Morgan fingerprint density at radius 1 is 0.882 bits per heavy atom. The topological polar surface area (TPSA) is 147 Å². The molecule has 184 valence electrons. The molecule has 34 heavy (non-hydrogen) atoms. The highest BCUT2D eigenvalue weighted by atomic mass is 32.2. The van der Waals surface area contributed by atoms with E-state index in [9.17, 15) is 18.0 Å². The van der Waals surface area contributed by atoms with Gasteiger partial charge in [0, 0.05) is 18.2 Å². The molecule has 0 spiro atoms. The van der Waals surface area contributed by atoms with Crippen molar-refractivity contribution in [2.45, 2.75) is 12.8 Å². The molecule has 0 radical (unpaired) electrons. The Kier molecular flexibility index (Phi) is 9.13. The van der Waals surface area contributed by atoms with E-state index in [1.165, 1.54) is 52.7 Å². The number of benzene rings is 2. The monoisotopic (exact) mass is 495 g/mol. The Morgan fingerprint density at radius 3 is 2.03 bits per heavy atom. The van der Waals surface area contributed by atoms with Gasteiger partial charge in [0.25, 0.3) is 10.0 Å². The fourth-order valence-electron chi connectivity index (χ4n) is 2.76. The predicted molar refractivity (Wildman–Crippen MR) is 123 cm³/mol. The molecule has 2 rings (SSSR count). The molecule has 0 heterocycles. The third kappa shape index (κ3) is 7.30. The molecule has 2 aromatic rings. The van der Waals surface area contributed by atoms with Crippen molar-refractivity contribution in [1.29, 1.82) is 0 Å². The molecule has 0 saturated heterocycles. The molecule has 2 N–H and O–H groups in total. The Bertz CT molecular complexity index is 1150. The van der Waals surface area contributed by atoms with Gasteiger partial charge in [-0.3, -0.25) is 14.3 Å². The number of carbonyl (C=O) groups is 2. The van der Waals surface area contributed by atoms with Crippen LogP contribution in [-0.4, -0.2) is 53.9 Å². The van der Waals surface area contributed by atoms with E-state index in [1.54, 1.807) is 12.1 Å². The van der Waals surface area contributed by atoms with Gasteiger partial charge < -0.3 is 28.8 Å². The van der Waals surface area contributed by atoms with Crippen LogP contribution in [0.1, 0.15) is 18.4 Å². The van der Waals surface area contributed by atoms with E-state index in [-0.39, 0.29) is 23.6 Å². The molecule has 0 aromatic heterocycles. The molecule has 0 atom stereocenters. The van der Waals surface area contributed by atoms with Crippen LogP contribution in [0.3, 0.4) is 0 Å². The molecule has 0 amide bonds. The lowest BCUT2D eigenvalue weighted by atomic mass is 10.1. The van der Waals surface area contributed by atoms with Crippen molar-refractivity contribution < 1.29 is 46.8 Å². The van der Waals surface area contributed by atoms with Gasteiger partial charge in [0.05, 0.1) is 57.9 Å². The van der Waals surface area contributed by atoms with E-state index in [0.717, 1.165) is 5.41 Å². The molecular weight excluding hydrogens is 470 g/mol. The zero-order valence-corrected chi connectivity index (χ0v) is 19.8. The number of methoxy groups -OCH3 is 4. The molecule has 0 aliphatic carbocycles. The minimum Gasteiger partial charge on any atom is -0.496 e. The van der Waals surface area contributed by atoms with Gasteiger partial charge in [-0.2, -0.15) is 0 Å². The van der Waals surface area contributed by atoms with Crippen LogP contribution in [0.2, 0.25) is 0 Å². The van der Waals surface area contributed by atoms with Crippen molar-refractivity contribution in [3.8, 4) is 28.7 Å². The average Bonchev–Trinajstić information content (AvgIpc) is 2.80. The van der Waals surface area contributed by atoms with E-state index in [1.807, 2.05) is 0 Å². The van der Waals surface area contributed by atoms with Crippen molar-refractivity contribution in [2.24, 2.45) is 0 Å². The quantitative estimate of drug-likeness (QED) is 0.333. The molecule has 0 fully saturated rings. The Morgan fingerprint density at radius 2 is 1.50 bits per heavy atom. The lowest BCUT2D eigenvalue weighted by Crippen LogP contribution is -2.12. The molecule has 0 aliphatic heterocycles. The maximum absolute atomic E-state index is 12.7. The fourth-order valence-corrected chi connectivity index (χ4v) is 3.59. The summed E-state index contributed by atoms with van der Waals surface area (Å²) in [5.74, 6) is -0.724. The molecule has 0 aliphatic rings. The number of carboxylic acids is 1. The highest BCUT2D eigenvalue weighted by Crippen LogP contribution is 2.35. The summed E-state index contributed by atoms with van der Waals surface area (Å²) in [4.78, 5) is 22.5. The number of nitrogens with one attached hydrogen (secondary N) is 1. The van der Waals surface area contributed by atoms with Crippen LogP contribution in [0.15, 0.2) is 35.7 Å². The Balaban J connectivity index is 2.27. The van der Waals surface area contributed by atoms with Gasteiger partial charge in [-0.1, -0.05) is 0 Å². The number of carboxylic acid groups (broad SMARTS) is 1. The third-order valence-corrected chi connectivity index (χ3v) is 5.37. The number of carbonyl (C=O) groups excluding carboxylic acids is 1. The summed E-state index contributed by atoms with van der Waals surface area (Å²) in [5, 5.41) is 9.61. The van der Waals surface area contributed by atoms with Crippen LogP contribution in [0.25, 0.3) is 6.08 Å². The van der Waals surface area contributed by atoms with Gasteiger partial charge in [0.15, 0.2) is 11.5 Å².